The van der Waals surface area contributed by atoms with Gasteiger partial charge < -0.3 is 9.63 Å². The van der Waals surface area contributed by atoms with E-state index in [2.05, 4.69) is 10.1 Å². The van der Waals surface area contributed by atoms with Crippen molar-refractivity contribution in [2.24, 2.45) is 11.8 Å². The summed E-state index contributed by atoms with van der Waals surface area (Å²) in [5.74, 6) is 3.33. The van der Waals surface area contributed by atoms with Crippen molar-refractivity contribution >= 4 is 0 Å². The molecule has 2 aliphatic rings. The molecule has 17 heavy (non-hydrogen) atoms. The molecule has 1 aromatic rings. The van der Waals surface area contributed by atoms with Crippen molar-refractivity contribution in [2.75, 3.05) is 0 Å². The number of hydrogen-bond acceptors (Lipinski definition) is 4. The highest BCUT2D eigenvalue weighted by Gasteiger charge is 2.43. The average Bonchev–Trinajstić information content (AvgIpc) is 3.05. The maximum atomic E-state index is 9.82. The highest BCUT2D eigenvalue weighted by Crippen LogP contribution is 2.52. The van der Waals surface area contributed by atoms with E-state index < -0.39 is 6.10 Å². The van der Waals surface area contributed by atoms with Crippen molar-refractivity contribution in [3.05, 3.63) is 11.7 Å². The predicted molar refractivity (Wildman–Crippen MR) is 62.4 cm³/mol. The van der Waals surface area contributed by atoms with Crippen LogP contribution in [-0.4, -0.2) is 15.2 Å². The van der Waals surface area contributed by atoms with E-state index in [9.17, 15) is 5.11 Å². The highest BCUT2D eigenvalue weighted by molar-refractivity contribution is 5.05. The Hall–Kier alpha value is -0.900. The third-order valence-electron chi connectivity index (χ3n) is 4.37. The Morgan fingerprint density at radius 2 is 2.29 bits per heavy atom. The van der Waals surface area contributed by atoms with Crippen LogP contribution in [0.1, 0.15) is 69.2 Å². The van der Waals surface area contributed by atoms with Crippen LogP contribution in [-0.2, 0) is 0 Å². The minimum absolute atomic E-state index is 0.462. The first-order chi connectivity index (χ1) is 8.28. The van der Waals surface area contributed by atoms with E-state index in [-0.39, 0.29) is 0 Å². The summed E-state index contributed by atoms with van der Waals surface area (Å²) in [6, 6.07) is 0. The van der Waals surface area contributed by atoms with Crippen LogP contribution in [0.5, 0.6) is 0 Å². The average molecular weight is 236 g/mol. The Kier molecular flexibility index (Phi) is 2.90. The quantitative estimate of drug-likeness (QED) is 0.873. The van der Waals surface area contributed by atoms with Crippen LogP contribution in [0.4, 0.5) is 0 Å². The third kappa shape index (κ3) is 1.99. The van der Waals surface area contributed by atoms with Gasteiger partial charge in [0.1, 0.15) is 6.10 Å². The topological polar surface area (TPSA) is 59.2 Å². The lowest BCUT2D eigenvalue weighted by Gasteiger charge is -2.17. The van der Waals surface area contributed by atoms with Crippen molar-refractivity contribution in [2.45, 2.75) is 57.5 Å². The van der Waals surface area contributed by atoms with Crippen LogP contribution in [0, 0.1) is 11.8 Å². The van der Waals surface area contributed by atoms with Crippen LogP contribution in [0.25, 0.3) is 0 Å². The first-order valence-corrected chi connectivity index (χ1v) is 6.79. The normalized spacial score (nSPS) is 33.2. The standard InChI is InChI=1S/C13H20N2O2/c1-2-3-11(16)12-14-13(17-15-12)10-7-8-4-5-9(10)6-8/h8-11,16H,2-7H2,1H3. The molecule has 0 aromatic carbocycles. The van der Waals surface area contributed by atoms with Crippen LogP contribution in [0.3, 0.4) is 0 Å². The van der Waals surface area contributed by atoms with Gasteiger partial charge in [0.2, 0.25) is 5.89 Å². The van der Waals surface area contributed by atoms with E-state index in [1.807, 2.05) is 6.92 Å². The summed E-state index contributed by atoms with van der Waals surface area (Å²) in [5.41, 5.74) is 0. The molecular formula is C13H20N2O2. The summed E-state index contributed by atoms with van der Waals surface area (Å²) in [6.07, 6.45) is 6.30. The molecule has 0 radical (unpaired) electrons. The van der Waals surface area contributed by atoms with E-state index in [0.29, 0.717) is 18.2 Å². The summed E-state index contributed by atoms with van der Waals surface area (Å²) in [4.78, 5) is 4.40. The fourth-order valence-electron chi connectivity index (χ4n) is 3.48. The lowest BCUT2D eigenvalue weighted by Crippen LogP contribution is -2.09. The number of aliphatic hydroxyl groups excluding tert-OH is 1. The first-order valence-electron chi connectivity index (χ1n) is 6.79. The van der Waals surface area contributed by atoms with Crippen LogP contribution < -0.4 is 0 Å². The van der Waals surface area contributed by atoms with Crippen molar-refractivity contribution in [1.82, 2.24) is 10.1 Å². The Balaban J connectivity index is 1.72. The van der Waals surface area contributed by atoms with Crippen molar-refractivity contribution < 1.29 is 9.63 Å². The molecule has 2 saturated carbocycles. The maximum Gasteiger partial charge on any atom is 0.230 e. The van der Waals surface area contributed by atoms with E-state index in [1.54, 1.807) is 0 Å². The van der Waals surface area contributed by atoms with Gasteiger partial charge in [-0.15, -0.1) is 0 Å². The zero-order valence-corrected chi connectivity index (χ0v) is 10.3. The second kappa shape index (κ2) is 4.41. The minimum atomic E-state index is -0.559. The van der Waals surface area contributed by atoms with Gasteiger partial charge >= 0.3 is 0 Å². The van der Waals surface area contributed by atoms with E-state index in [1.165, 1.54) is 25.7 Å². The summed E-state index contributed by atoms with van der Waals surface area (Å²) < 4.78 is 5.35. The molecule has 4 atom stereocenters. The van der Waals surface area contributed by atoms with Gasteiger partial charge in [-0.25, -0.2) is 0 Å². The molecule has 4 nitrogen and oxygen atoms in total. The molecule has 1 aromatic heterocycles. The molecule has 4 heteroatoms. The Bertz CT molecular complexity index is 391. The molecule has 94 valence electrons. The summed E-state index contributed by atoms with van der Waals surface area (Å²) in [5, 5.41) is 13.8. The van der Waals surface area contributed by atoms with E-state index in [4.69, 9.17) is 4.52 Å². The Morgan fingerprint density at radius 1 is 1.41 bits per heavy atom. The van der Waals surface area contributed by atoms with Gasteiger partial charge in [0.05, 0.1) is 0 Å². The molecule has 2 bridgehead atoms. The number of rotatable bonds is 4. The predicted octanol–water partition coefficient (Wildman–Crippen LogP) is 2.81. The number of nitrogens with zero attached hydrogens (tertiary/aromatic N) is 2. The lowest BCUT2D eigenvalue weighted by atomic mass is 9.89. The van der Waals surface area contributed by atoms with Gasteiger partial charge in [-0.1, -0.05) is 24.9 Å². The van der Waals surface area contributed by atoms with Gasteiger partial charge in [-0.05, 0) is 37.5 Å². The van der Waals surface area contributed by atoms with Crippen LogP contribution in [0.15, 0.2) is 4.52 Å². The van der Waals surface area contributed by atoms with Gasteiger partial charge in [-0.3, -0.25) is 0 Å². The summed E-state index contributed by atoms with van der Waals surface area (Å²) in [7, 11) is 0. The Labute approximate surface area is 101 Å². The lowest BCUT2D eigenvalue weighted by molar-refractivity contribution is 0.152. The SMILES string of the molecule is CCCC(O)c1noc(C2CC3CCC2C3)n1. The van der Waals surface area contributed by atoms with Gasteiger partial charge in [0.15, 0.2) is 5.82 Å². The summed E-state index contributed by atoms with van der Waals surface area (Å²) >= 11 is 0. The molecule has 0 saturated heterocycles. The minimum Gasteiger partial charge on any atom is -0.385 e. The zero-order valence-electron chi connectivity index (χ0n) is 10.3. The number of aromatic nitrogens is 2. The van der Waals surface area contributed by atoms with E-state index >= 15 is 0 Å². The monoisotopic (exact) mass is 236 g/mol. The van der Waals surface area contributed by atoms with Crippen LogP contribution in [0.2, 0.25) is 0 Å². The molecule has 0 spiro atoms. The molecule has 1 N–H and O–H groups in total. The fraction of sp³-hybridized carbons (Fsp3) is 0.846. The fourth-order valence-corrected chi connectivity index (χ4v) is 3.48. The van der Waals surface area contributed by atoms with Gasteiger partial charge in [-0.2, -0.15) is 4.98 Å². The maximum absolute atomic E-state index is 9.82. The number of hydrogen-bond donors (Lipinski definition) is 1. The molecule has 2 aliphatic carbocycles. The molecule has 3 rings (SSSR count). The second-order valence-corrected chi connectivity index (χ2v) is 5.58. The van der Waals surface area contributed by atoms with Gasteiger partial charge in [0.25, 0.3) is 0 Å². The first kappa shape index (κ1) is 11.2. The summed E-state index contributed by atoms with van der Waals surface area (Å²) in [6.45, 7) is 2.04. The van der Waals surface area contributed by atoms with Crippen molar-refractivity contribution in [3.8, 4) is 0 Å². The third-order valence-corrected chi connectivity index (χ3v) is 4.37. The van der Waals surface area contributed by atoms with Crippen molar-refractivity contribution in [1.29, 1.82) is 0 Å². The molecule has 1 heterocycles. The molecule has 4 unspecified atom stereocenters. The smallest absolute Gasteiger partial charge is 0.230 e. The van der Waals surface area contributed by atoms with E-state index in [0.717, 1.165) is 24.1 Å². The van der Waals surface area contributed by atoms with Gasteiger partial charge in [0, 0.05) is 5.92 Å². The zero-order chi connectivity index (χ0) is 11.8. The van der Waals surface area contributed by atoms with Crippen molar-refractivity contribution in [3.63, 3.8) is 0 Å². The molecule has 2 fully saturated rings. The molecule has 0 aliphatic heterocycles. The Morgan fingerprint density at radius 3 is 2.94 bits per heavy atom. The van der Waals surface area contributed by atoms with Crippen LogP contribution >= 0.6 is 0 Å². The highest BCUT2D eigenvalue weighted by atomic mass is 16.5. The number of fused-ring (bicyclic) bond motifs is 2. The molecular weight excluding hydrogens is 216 g/mol. The number of aliphatic hydroxyl groups is 1. The largest absolute Gasteiger partial charge is 0.385 e. The second-order valence-electron chi connectivity index (χ2n) is 5.58. The molecule has 0 amide bonds.